The maximum Gasteiger partial charge on any atom is 0.418 e. The van der Waals surface area contributed by atoms with Crippen LogP contribution in [-0.4, -0.2) is 25.6 Å². The van der Waals surface area contributed by atoms with Gasteiger partial charge in [-0.05, 0) is 26.0 Å². The van der Waals surface area contributed by atoms with Crippen LogP contribution in [0.4, 0.5) is 10.5 Å². The van der Waals surface area contributed by atoms with Gasteiger partial charge in [0.2, 0.25) is 0 Å². The third-order valence-electron chi connectivity index (χ3n) is 3.09. The molecule has 0 aliphatic heterocycles. The Hall–Kier alpha value is -2.96. The molecule has 3 rings (SSSR count). The molecule has 2 heterocycles. The van der Waals surface area contributed by atoms with Crippen LogP contribution < -0.4 is 10.1 Å². The lowest BCUT2D eigenvalue weighted by molar-refractivity contribution is 0.214. The van der Waals surface area contributed by atoms with E-state index in [9.17, 15) is 4.79 Å². The van der Waals surface area contributed by atoms with Crippen LogP contribution in [0.25, 0.3) is 11.2 Å². The highest BCUT2D eigenvalue weighted by Crippen LogP contribution is 2.22. The fourth-order valence-electron chi connectivity index (χ4n) is 2.04. The first-order chi connectivity index (χ1) is 10.6. The standard InChI is InChI=1S/C15H15N5O2/c1-10(2)20-9-18-12-13(20)16-8-17-14(12)22-15(21)19-11-6-4-3-5-7-11/h3-10H,1-2H3,(H,19,21). The molecule has 0 radical (unpaired) electrons. The van der Waals surface area contributed by atoms with E-state index in [1.165, 1.54) is 6.33 Å². The first-order valence-electron chi connectivity index (χ1n) is 6.86. The fraction of sp³-hybridized carbons (Fsp3) is 0.200. The average Bonchev–Trinajstić information content (AvgIpc) is 2.93. The fourth-order valence-corrected chi connectivity index (χ4v) is 2.04. The van der Waals surface area contributed by atoms with Gasteiger partial charge in [-0.2, -0.15) is 4.98 Å². The molecule has 112 valence electrons. The second-order valence-corrected chi connectivity index (χ2v) is 4.98. The van der Waals surface area contributed by atoms with Gasteiger partial charge in [0, 0.05) is 11.7 Å². The van der Waals surface area contributed by atoms with Crippen molar-refractivity contribution in [1.82, 2.24) is 19.5 Å². The van der Waals surface area contributed by atoms with Crippen molar-refractivity contribution in [3.63, 3.8) is 0 Å². The van der Waals surface area contributed by atoms with Crippen LogP contribution in [0, 0.1) is 0 Å². The van der Waals surface area contributed by atoms with E-state index in [0.29, 0.717) is 16.9 Å². The van der Waals surface area contributed by atoms with Gasteiger partial charge in [-0.15, -0.1) is 0 Å². The molecule has 0 spiro atoms. The molecule has 7 nitrogen and oxygen atoms in total. The lowest BCUT2D eigenvalue weighted by Crippen LogP contribution is -2.17. The monoisotopic (exact) mass is 297 g/mol. The number of rotatable bonds is 3. The minimum absolute atomic E-state index is 0.137. The van der Waals surface area contributed by atoms with Crippen molar-refractivity contribution >= 4 is 22.9 Å². The van der Waals surface area contributed by atoms with Crippen LogP contribution in [0.3, 0.4) is 0 Å². The van der Waals surface area contributed by atoms with Crippen LogP contribution >= 0.6 is 0 Å². The predicted octanol–water partition coefficient (Wildman–Crippen LogP) is 3.02. The number of imidazole rings is 1. The Bertz CT molecular complexity index is 798. The number of para-hydroxylation sites is 1. The summed E-state index contributed by atoms with van der Waals surface area (Å²) < 4.78 is 7.14. The third kappa shape index (κ3) is 2.73. The van der Waals surface area contributed by atoms with E-state index in [4.69, 9.17) is 4.74 Å². The number of nitrogens with one attached hydrogen (secondary N) is 1. The van der Waals surface area contributed by atoms with Gasteiger partial charge in [-0.25, -0.2) is 14.8 Å². The number of amides is 1. The molecule has 1 aromatic carbocycles. The third-order valence-corrected chi connectivity index (χ3v) is 3.09. The SMILES string of the molecule is CC(C)n1cnc2c(OC(=O)Nc3ccccc3)ncnc21. The van der Waals surface area contributed by atoms with Gasteiger partial charge >= 0.3 is 6.09 Å². The number of benzene rings is 1. The molecule has 1 amide bonds. The Balaban J connectivity index is 1.83. The Labute approximate surface area is 127 Å². The van der Waals surface area contributed by atoms with Crippen molar-refractivity contribution in [2.45, 2.75) is 19.9 Å². The Morgan fingerprint density at radius 3 is 2.68 bits per heavy atom. The van der Waals surface area contributed by atoms with Crippen LogP contribution in [-0.2, 0) is 0 Å². The summed E-state index contributed by atoms with van der Waals surface area (Å²) in [6.07, 6.45) is 2.39. The number of aromatic nitrogens is 4. The molecule has 0 fully saturated rings. The van der Waals surface area contributed by atoms with Crippen LogP contribution in [0.5, 0.6) is 5.88 Å². The van der Waals surface area contributed by atoms with Gasteiger partial charge in [0.05, 0.1) is 6.33 Å². The van der Waals surface area contributed by atoms with Crippen molar-refractivity contribution in [3.8, 4) is 5.88 Å². The maximum absolute atomic E-state index is 11.9. The van der Waals surface area contributed by atoms with Crippen molar-refractivity contribution in [3.05, 3.63) is 43.0 Å². The normalized spacial score (nSPS) is 10.9. The van der Waals surface area contributed by atoms with E-state index in [1.54, 1.807) is 18.5 Å². The molecule has 0 aliphatic rings. The number of carbonyl (C=O) groups is 1. The zero-order chi connectivity index (χ0) is 15.5. The van der Waals surface area contributed by atoms with Gasteiger partial charge in [0.25, 0.3) is 5.88 Å². The largest absolute Gasteiger partial charge is 0.418 e. The second-order valence-electron chi connectivity index (χ2n) is 4.98. The lowest BCUT2D eigenvalue weighted by atomic mass is 10.3. The van der Waals surface area contributed by atoms with Crippen molar-refractivity contribution < 1.29 is 9.53 Å². The zero-order valence-corrected chi connectivity index (χ0v) is 12.2. The van der Waals surface area contributed by atoms with Crippen molar-refractivity contribution in [2.24, 2.45) is 0 Å². The summed E-state index contributed by atoms with van der Waals surface area (Å²) in [5.41, 5.74) is 1.73. The summed E-state index contributed by atoms with van der Waals surface area (Å²) >= 11 is 0. The molecule has 0 bridgehead atoms. The number of nitrogens with zero attached hydrogens (tertiary/aromatic N) is 4. The van der Waals surface area contributed by atoms with E-state index in [0.717, 1.165) is 0 Å². The number of hydrogen-bond acceptors (Lipinski definition) is 5. The Morgan fingerprint density at radius 2 is 1.95 bits per heavy atom. The molecular weight excluding hydrogens is 282 g/mol. The number of fused-ring (bicyclic) bond motifs is 1. The molecular formula is C15H15N5O2. The van der Waals surface area contributed by atoms with Crippen molar-refractivity contribution in [2.75, 3.05) is 5.32 Å². The highest BCUT2D eigenvalue weighted by atomic mass is 16.6. The van der Waals surface area contributed by atoms with E-state index in [1.807, 2.05) is 36.6 Å². The highest BCUT2D eigenvalue weighted by molar-refractivity contribution is 5.88. The average molecular weight is 297 g/mol. The summed E-state index contributed by atoms with van der Waals surface area (Å²) in [4.78, 5) is 24.4. The van der Waals surface area contributed by atoms with Gasteiger partial charge < -0.3 is 9.30 Å². The highest BCUT2D eigenvalue weighted by Gasteiger charge is 2.15. The second kappa shape index (κ2) is 5.80. The molecule has 7 heteroatoms. The van der Waals surface area contributed by atoms with E-state index in [2.05, 4.69) is 20.3 Å². The minimum atomic E-state index is -0.620. The predicted molar refractivity (Wildman–Crippen MR) is 81.8 cm³/mol. The summed E-state index contributed by atoms with van der Waals surface area (Å²) in [5, 5.41) is 2.63. The Morgan fingerprint density at radius 1 is 1.18 bits per heavy atom. The van der Waals surface area contributed by atoms with Gasteiger partial charge in [-0.3, -0.25) is 5.32 Å². The molecule has 1 N–H and O–H groups in total. The van der Waals surface area contributed by atoms with Gasteiger partial charge in [-0.1, -0.05) is 18.2 Å². The molecule has 2 aromatic heterocycles. The molecule has 0 saturated heterocycles. The summed E-state index contributed by atoms with van der Waals surface area (Å²) in [7, 11) is 0. The molecule has 0 saturated carbocycles. The van der Waals surface area contributed by atoms with E-state index >= 15 is 0 Å². The van der Waals surface area contributed by atoms with Crippen molar-refractivity contribution in [1.29, 1.82) is 0 Å². The minimum Gasteiger partial charge on any atom is -0.388 e. The smallest absolute Gasteiger partial charge is 0.388 e. The molecule has 22 heavy (non-hydrogen) atoms. The number of anilines is 1. The van der Waals surface area contributed by atoms with Crippen LogP contribution in [0.1, 0.15) is 19.9 Å². The Kier molecular flexibility index (Phi) is 3.69. The summed E-state index contributed by atoms with van der Waals surface area (Å²) in [6, 6.07) is 9.24. The number of carbonyl (C=O) groups excluding carboxylic acids is 1. The van der Waals surface area contributed by atoms with Crippen LogP contribution in [0.15, 0.2) is 43.0 Å². The number of ether oxygens (including phenoxy) is 1. The first kappa shape index (κ1) is 14.0. The maximum atomic E-state index is 11.9. The topological polar surface area (TPSA) is 81.9 Å². The molecule has 3 aromatic rings. The lowest BCUT2D eigenvalue weighted by Gasteiger charge is -2.08. The zero-order valence-electron chi connectivity index (χ0n) is 12.2. The van der Waals surface area contributed by atoms with E-state index in [-0.39, 0.29) is 11.9 Å². The van der Waals surface area contributed by atoms with E-state index < -0.39 is 6.09 Å². The molecule has 0 atom stereocenters. The first-order valence-corrected chi connectivity index (χ1v) is 6.86. The number of hydrogen-bond donors (Lipinski definition) is 1. The quantitative estimate of drug-likeness (QED) is 0.803. The molecule has 0 unspecified atom stereocenters. The van der Waals surface area contributed by atoms with Gasteiger partial charge in [0.1, 0.15) is 6.33 Å². The van der Waals surface area contributed by atoms with Crippen LogP contribution in [0.2, 0.25) is 0 Å². The summed E-state index contributed by atoms with van der Waals surface area (Å²) in [5.74, 6) is 0.137. The van der Waals surface area contributed by atoms with Gasteiger partial charge in [0.15, 0.2) is 11.2 Å². The summed E-state index contributed by atoms with van der Waals surface area (Å²) in [6.45, 7) is 4.04. The molecule has 0 aliphatic carbocycles.